The number of aliphatic hydroxyl groups excluding tert-OH is 1. The molecule has 2 nitrogen and oxygen atoms in total. The van der Waals surface area contributed by atoms with Gasteiger partial charge in [0, 0.05) is 0 Å². The predicted molar refractivity (Wildman–Crippen MR) is 44.1 cm³/mol. The normalized spacial score (nSPS) is 44.7. The van der Waals surface area contributed by atoms with Crippen LogP contribution in [0.4, 0.5) is 0 Å². The summed E-state index contributed by atoms with van der Waals surface area (Å²) >= 11 is 0. The van der Waals surface area contributed by atoms with Crippen molar-refractivity contribution in [2.75, 3.05) is 6.54 Å². The third-order valence-corrected chi connectivity index (χ3v) is 3.66. The Kier molecular flexibility index (Phi) is 1.69. The van der Waals surface area contributed by atoms with Gasteiger partial charge in [-0.05, 0) is 43.6 Å². The number of hydrogen-bond donors (Lipinski definition) is 2. The Balaban J connectivity index is 1.95. The second-order valence-corrected chi connectivity index (χ2v) is 4.26. The fourth-order valence-corrected chi connectivity index (χ4v) is 2.57. The summed E-state index contributed by atoms with van der Waals surface area (Å²) in [5, 5.41) is 9.23. The first kappa shape index (κ1) is 7.56. The molecule has 2 heteroatoms. The maximum absolute atomic E-state index is 9.23. The van der Waals surface area contributed by atoms with Crippen molar-refractivity contribution >= 4 is 0 Å². The van der Waals surface area contributed by atoms with Crippen molar-refractivity contribution in [1.82, 2.24) is 0 Å². The van der Waals surface area contributed by atoms with Crippen molar-refractivity contribution in [2.24, 2.45) is 17.1 Å². The van der Waals surface area contributed by atoms with E-state index in [1.807, 2.05) is 0 Å². The highest BCUT2D eigenvalue weighted by Crippen LogP contribution is 2.53. The molecular formula is C9H17NO. The molecule has 2 aliphatic carbocycles. The summed E-state index contributed by atoms with van der Waals surface area (Å²) in [5.74, 6) is 0.843. The van der Waals surface area contributed by atoms with E-state index in [9.17, 15) is 5.11 Å². The molecule has 0 amide bonds. The topological polar surface area (TPSA) is 46.2 Å². The Bertz CT molecular complexity index is 148. The van der Waals surface area contributed by atoms with Crippen LogP contribution in [0.5, 0.6) is 0 Å². The molecule has 0 aliphatic heterocycles. The lowest BCUT2D eigenvalue weighted by atomic mass is 9.54. The SMILES string of the molecule is NCC1(C2CCC2)CC(O)C1. The summed E-state index contributed by atoms with van der Waals surface area (Å²) in [6, 6.07) is 0. The van der Waals surface area contributed by atoms with Crippen LogP contribution in [0.3, 0.4) is 0 Å². The highest BCUT2D eigenvalue weighted by Gasteiger charge is 2.49. The highest BCUT2D eigenvalue weighted by atomic mass is 16.3. The van der Waals surface area contributed by atoms with Crippen LogP contribution in [0, 0.1) is 11.3 Å². The molecule has 2 saturated carbocycles. The van der Waals surface area contributed by atoms with Crippen LogP contribution in [0.2, 0.25) is 0 Å². The van der Waals surface area contributed by atoms with Crippen LogP contribution in [-0.4, -0.2) is 17.8 Å². The van der Waals surface area contributed by atoms with E-state index in [2.05, 4.69) is 0 Å². The van der Waals surface area contributed by atoms with Gasteiger partial charge in [0.15, 0.2) is 0 Å². The Morgan fingerprint density at radius 1 is 1.36 bits per heavy atom. The third kappa shape index (κ3) is 1.00. The zero-order valence-electron chi connectivity index (χ0n) is 6.92. The van der Waals surface area contributed by atoms with Gasteiger partial charge >= 0.3 is 0 Å². The number of aliphatic hydroxyl groups is 1. The van der Waals surface area contributed by atoms with Gasteiger partial charge in [0.25, 0.3) is 0 Å². The predicted octanol–water partition coefficient (Wildman–Crippen LogP) is 0.886. The van der Waals surface area contributed by atoms with Gasteiger partial charge in [-0.25, -0.2) is 0 Å². The summed E-state index contributed by atoms with van der Waals surface area (Å²) in [7, 11) is 0. The summed E-state index contributed by atoms with van der Waals surface area (Å²) in [5.41, 5.74) is 6.09. The Labute approximate surface area is 67.8 Å². The maximum atomic E-state index is 9.23. The van der Waals surface area contributed by atoms with E-state index in [4.69, 9.17) is 5.73 Å². The number of hydrogen-bond acceptors (Lipinski definition) is 2. The monoisotopic (exact) mass is 155 g/mol. The van der Waals surface area contributed by atoms with Crippen LogP contribution in [-0.2, 0) is 0 Å². The van der Waals surface area contributed by atoms with Crippen molar-refractivity contribution in [1.29, 1.82) is 0 Å². The summed E-state index contributed by atoms with van der Waals surface area (Å²) in [4.78, 5) is 0. The zero-order valence-corrected chi connectivity index (χ0v) is 6.92. The van der Waals surface area contributed by atoms with E-state index in [0.717, 1.165) is 25.3 Å². The minimum absolute atomic E-state index is 0.0425. The first-order chi connectivity index (χ1) is 5.27. The fourth-order valence-electron chi connectivity index (χ4n) is 2.57. The number of rotatable bonds is 2. The molecule has 0 bridgehead atoms. The minimum atomic E-state index is -0.0425. The van der Waals surface area contributed by atoms with Gasteiger partial charge in [0.2, 0.25) is 0 Å². The zero-order chi connectivity index (χ0) is 7.90. The van der Waals surface area contributed by atoms with E-state index in [1.165, 1.54) is 19.3 Å². The Morgan fingerprint density at radius 3 is 2.27 bits per heavy atom. The third-order valence-electron chi connectivity index (χ3n) is 3.66. The molecule has 0 aromatic heterocycles. The summed E-state index contributed by atoms with van der Waals surface area (Å²) in [6.07, 6.45) is 5.97. The molecular weight excluding hydrogens is 138 g/mol. The molecule has 0 atom stereocenters. The van der Waals surface area contributed by atoms with Gasteiger partial charge in [0.1, 0.15) is 0 Å². The first-order valence-electron chi connectivity index (χ1n) is 4.65. The Morgan fingerprint density at radius 2 is 2.00 bits per heavy atom. The van der Waals surface area contributed by atoms with Gasteiger partial charge in [-0.3, -0.25) is 0 Å². The van der Waals surface area contributed by atoms with Gasteiger partial charge in [-0.1, -0.05) is 6.42 Å². The lowest BCUT2D eigenvalue weighted by Gasteiger charge is -2.53. The fraction of sp³-hybridized carbons (Fsp3) is 1.00. The summed E-state index contributed by atoms with van der Waals surface area (Å²) < 4.78 is 0. The minimum Gasteiger partial charge on any atom is -0.393 e. The van der Waals surface area contributed by atoms with Crippen LogP contribution < -0.4 is 5.73 Å². The molecule has 64 valence electrons. The molecule has 0 aromatic carbocycles. The van der Waals surface area contributed by atoms with Crippen molar-refractivity contribution in [2.45, 2.75) is 38.2 Å². The highest BCUT2D eigenvalue weighted by molar-refractivity contribution is 5.01. The molecule has 0 spiro atoms. The molecule has 11 heavy (non-hydrogen) atoms. The molecule has 0 saturated heterocycles. The van der Waals surface area contributed by atoms with Crippen molar-refractivity contribution < 1.29 is 5.11 Å². The van der Waals surface area contributed by atoms with Crippen LogP contribution >= 0.6 is 0 Å². The average Bonchev–Trinajstić information content (AvgIpc) is 1.79. The molecule has 0 aromatic rings. The molecule has 0 radical (unpaired) electrons. The smallest absolute Gasteiger partial charge is 0.0552 e. The standard InChI is InChI=1S/C9H17NO/c10-6-9(4-8(11)5-9)7-2-1-3-7/h7-8,11H,1-6,10H2. The number of nitrogens with two attached hydrogens (primary N) is 1. The van der Waals surface area contributed by atoms with Gasteiger partial charge in [0.05, 0.1) is 6.10 Å². The van der Waals surface area contributed by atoms with Crippen molar-refractivity contribution in [3.8, 4) is 0 Å². The van der Waals surface area contributed by atoms with Crippen molar-refractivity contribution in [3.63, 3.8) is 0 Å². The first-order valence-corrected chi connectivity index (χ1v) is 4.65. The van der Waals surface area contributed by atoms with Gasteiger partial charge in [-0.2, -0.15) is 0 Å². The van der Waals surface area contributed by atoms with Crippen LogP contribution in [0.25, 0.3) is 0 Å². The van der Waals surface area contributed by atoms with Crippen LogP contribution in [0.1, 0.15) is 32.1 Å². The average molecular weight is 155 g/mol. The molecule has 3 N–H and O–H groups in total. The van der Waals surface area contributed by atoms with Crippen molar-refractivity contribution in [3.05, 3.63) is 0 Å². The van der Waals surface area contributed by atoms with Gasteiger partial charge in [-0.15, -0.1) is 0 Å². The molecule has 0 unspecified atom stereocenters. The molecule has 0 heterocycles. The quantitative estimate of drug-likeness (QED) is 0.622. The van der Waals surface area contributed by atoms with E-state index < -0.39 is 0 Å². The largest absolute Gasteiger partial charge is 0.393 e. The maximum Gasteiger partial charge on any atom is 0.0552 e. The lowest BCUT2D eigenvalue weighted by Crippen LogP contribution is -2.52. The molecule has 2 rings (SSSR count). The van der Waals surface area contributed by atoms with E-state index in [-0.39, 0.29) is 6.10 Å². The summed E-state index contributed by atoms with van der Waals surface area (Å²) in [6.45, 7) is 0.786. The van der Waals surface area contributed by atoms with Gasteiger partial charge < -0.3 is 10.8 Å². The second-order valence-electron chi connectivity index (χ2n) is 4.26. The molecule has 2 aliphatic rings. The second kappa shape index (κ2) is 2.46. The van der Waals surface area contributed by atoms with E-state index in [1.54, 1.807) is 0 Å². The van der Waals surface area contributed by atoms with Crippen LogP contribution in [0.15, 0.2) is 0 Å². The van der Waals surface area contributed by atoms with E-state index in [0.29, 0.717) is 5.41 Å². The van der Waals surface area contributed by atoms with E-state index >= 15 is 0 Å². The lowest BCUT2D eigenvalue weighted by molar-refractivity contribution is -0.0855. The molecule has 2 fully saturated rings. The Hall–Kier alpha value is -0.0800.